The number of hydrogen-bond acceptors (Lipinski definition) is 6. The number of nitrogens with zero attached hydrogens (tertiary/aromatic N) is 5. The molecule has 0 atom stereocenters. The Kier molecular flexibility index (Phi) is 7.23. The van der Waals surface area contributed by atoms with E-state index in [-0.39, 0.29) is 11.9 Å². The summed E-state index contributed by atoms with van der Waals surface area (Å²) in [6, 6.07) is 8.29. The Morgan fingerprint density at radius 1 is 1.28 bits per heavy atom. The quantitative estimate of drug-likeness (QED) is 0.506. The second-order valence-corrected chi connectivity index (χ2v) is 9.60. The number of carbonyl (C=O) groups excluding carboxylic acids is 1. The predicted octanol–water partition coefficient (Wildman–Crippen LogP) is 4.31. The molecule has 0 saturated carbocycles. The van der Waals surface area contributed by atoms with Crippen LogP contribution in [0.1, 0.15) is 55.0 Å². The molecule has 8 heteroatoms. The second-order valence-electron chi connectivity index (χ2n) is 8.59. The van der Waals surface area contributed by atoms with Crippen LogP contribution in [0.5, 0.6) is 0 Å². The predicted molar refractivity (Wildman–Crippen MR) is 130 cm³/mol. The lowest BCUT2D eigenvalue weighted by molar-refractivity contribution is 0.0376. The molecule has 2 aromatic heterocycles. The maximum Gasteiger partial charge on any atom is 0.278 e. The van der Waals surface area contributed by atoms with Crippen LogP contribution in [0.4, 0.5) is 5.13 Å². The molecule has 0 radical (unpaired) electrons. The first-order valence-corrected chi connectivity index (χ1v) is 12.4. The Balaban J connectivity index is 1.64. The highest BCUT2D eigenvalue weighted by Crippen LogP contribution is 2.32. The molecule has 32 heavy (non-hydrogen) atoms. The van der Waals surface area contributed by atoms with Crippen molar-refractivity contribution in [3.05, 3.63) is 41.2 Å². The van der Waals surface area contributed by atoms with E-state index < -0.39 is 0 Å². The first kappa shape index (κ1) is 22.9. The zero-order valence-corrected chi connectivity index (χ0v) is 20.3. The number of carbonyl (C=O) groups is 1. The van der Waals surface area contributed by atoms with E-state index in [1.807, 2.05) is 22.6 Å². The fourth-order valence-electron chi connectivity index (χ4n) is 4.16. The summed E-state index contributed by atoms with van der Waals surface area (Å²) in [6.07, 6.45) is 1.81. The molecular formula is C24H33N5O2S. The SMILES string of the molecule is CCc1cccc2sc(N(CCCN3CCOCC3)C(=O)c3cc(C)nn3C(C)C)nc12. The molecule has 0 spiro atoms. The van der Waals surface area contributed by atoms with Crippen molar-refractivity contribution in [2.45, 2.75) is 46.6 Å². The van der Waals surface area contributed by atoms with Gasteiger partial charge in [-0.3, -0.25) is 19.3 Å². The van der Waals surface area contributed by atoms with Gasteiger partial charge in [0.05, 0.1) is 29.1 Å². The molecule has 4 rings (SSSR count). The molecule has 3 aromatic rings. The highest BCUT2D eigenvalue weighted by atomic mass is 32.1. The van der Waals surface area contributed by atoms with Crippen LogP contribution >= 0.6 is 11.3 Å². The van der Waals surface area contributed by atoms with Crippen molar-refractivity contribution in [3.63, 3.8) is 0 Å². The number of amides is 1. The van der Waals surface area contributed by atoms with E-state index in [1.54, 1.807) is 11.3 Å². The van der Waals surface area contributed by atoms with Gasteiger partial charge in [-0.05, 0) is 51.3 Å². The first-order chi connectivity index (χ1) is 15.5. The average Bonchev–Trinajstić information content (AvgIpc) is 3.40. The maximum atomic E-state index is 13.8. The Hall–Kier alpha value is -2.29. The summed E-state index contributed by atoms with van der Waals surface area (Å²) >= 11 is 1.60. The molecule has 1 aliphatic heterocycles. The van der Waals surface area contributed by atoms with Gasteiger partial charge in [0.1, 0.15) is 5.69 Å². The number of fused-ring (bicyclic) bond motifs is 1. The van der Waals surface area contributed by atoms with Crippen molar-refractivity contribution in [2.75, 3.05) is 44.3 Å². The number of aryl methyl sites for hydroxylation is 2. The van der Waals surface area contributed by atoms with E-state index in [0.29, 0.717) is 12.2 Å². The van der Waals surface area contributed by atoms with Crippen LogP contribution in [0, 0.1) is 6.92 Å². The van der Waals surface area contributed by atoms with Gasteiger partial charge in [-0.15, -0.1) is 0 Å². The zero-order valence-electron chi connectivity index (χ0n) is 19.5. The minimum atomic E-state index is -0.0293. The lowest BCUT2D eigenvalue weighted by atomic mass is 10.1. The third kappa shape index (κ3) is 4.87. The summed E-state index contributed by atoms with van der Waals surface area (Å²) in [4.78, 5) is 23.0. The van der Waals surface area contributed by atoms with Gasteiger partial charge in [0.15, 0.2) is 5.13 Å². The standard InChI is InChI=1S/C24H33N5O2S/c1-5-19-8-6-9-21-22(19)25-24(32-21)28(11-7-10-27-12-14-31-15-13-27)23(30)20-16-18(4)26-29(20)17(2)3/h6,8-9,16-17H,5,7,10-15H2,1-4H3. The van der Waals surface area contributed by atoms with E-state index >= 15 is 0 Å². The lowest BCUT2D eigenvalue weighted by Gasteiger charge is -2.28. The second kappa shape index (κ2) is 10.1. The number of hydrogen-bond donors (Lipinski definition) is 0. The van der Waals surface area contributed by atoms with Gasteiger partial charge in [0, 0.05) is 32.2 Å². The molecule has 3 heterocycles. The number of anilines is 1. The van der Waals surface area contributed by atoms with Crippen LogP contribution in [-0.4, -0.2) is 65.0 Å². The van der Waals surface area contributed by atoms with Crippen molar-refractivity contribution >= 4 is 32.6 Å². The topological polar surface area (TPSA) is 63.5 Å². The smallest absolute Gasteiger partial charge is 0.278 e. The van der Waals surface area contributed by atoms with Crippen LogP contribution in [-0.2, 0) is 11.2 Å². The number of para-hydroxylation sites is 1. The molecule has 1 saturated heterocycles. The number of ether oxygens (including phenoxy) is 1. The molecule has 0 aliphatic carbocycles. The molecule has 0 unspecified atom stereocenters. The van der Waals surface area contributed by atoms with Gasteiger partial charge in [-0.25, -0.2) is 4.98 Å². The fourth-order valence-corrected chi connectivity index (χ4v) is 5.20. The third-order valence-electron chi connectivity index (χ3n) is 5.87. The first-order valence-electron chi connectivity index (χ1n) is 11.5. The fraction of sp³-hybridized carbons (Fsp3) is 0.542. The zero-order chi connectivity index (χ0) is 22.7. The van der Waals surface area contributed by atoms with Crippen molar-refractivity contribution < 1.29 is 9.53 Å². The van der Waals surface area contributed by atoms with Crippen LogP contribution in [0.3, 0.4) is 0 Å². The summed E-state index contributed by atoms with van der Waals surface area (Å²) in [7, 11) is 0. The molecule has 1 fully saturated rings. The van der Waals surface area contributed by atoms with Gasteiger partial charge in [0.25, 0.3) is 5.91 Å². The number of thiazole rings is 1. The number of benzene rings is 1. The van der Waals surface area contributed by atoms with Gasteiger partial charge < -0.3 is 4.74 Å². The summed E-state index contributed by atoms with van der Waals surface area (Å²) < 4.78 is 8.42. The number of aromatic nitrogens is 3. The number of rotatable bonds is 8. The normalized spacial score (nSPS) is 15.0. The average molecular weight is 456 g/mol. The van der Waals surface area contributed by atoms with Crippen LogP contribution in [0.15, 0.2) is 24.3 Å². The molecular weight excluding hydrogens is 422 g/mol. The minimum Gasteiger partial charge on any atom is -0.379 e. The largest absolute Gasteiger partial charge is 0.379 e. The number of morpholine rings is 1. The highest BCUT2D eigenvalue weighted by Gasteiger charge is 2.26. The van der Waals surface area contributed by atoms with Gasteiger partial charge >= 0.3 is 0 Å². The van der Waals surface area contributed by atoms with Gasteiger partial charge in [0.2, 0.25) is 0 Å². The minimum absolute atomic E-state index is 0.0293. The summed E-state index contributed by atoms with van der Waals surface area (Å²) in [6.45, 7) is 13.2. The van der Waals surface area contributed by atoms with E-state index in [0.717, 1.165) is 66.7 Å². The third-order valence-corrected chi connectivity index (χ3v) is 6.92. The molecule has 0 bridgehead atoms. The molecule has 0 N–H and O–H groups in total. The molecule has 1 aliphatic rings. The Labute approximate surface area is 194 Å². The molecule has 1 aromatic carbocycles. The van der Waals surface area contributed by atoms with E-state index in [9.17, 15) is 4.79 Å². The van der Waals surface area contributed by atoms with Crippen molar-refractivity contribution in [2.24, 2.45) is 0 Å². The van der Waals surface area contributed by atoms with Gasteiger partial charge in [-0.1, -0.05) is 30.4 Å². The Morgan fingerprint density at radius 3 is 2.78 bits per heavy atom. The van der Waals surface area contributed by atoms with Crippen LogP contribution in [0.2, 0.25) is 0 Å². The van der Waals surface area contributed by atoms with Crippen LogP contribution in [0.25, 0.3) is 10.2 Å². The summed E-state index contributed by atoms with van der Waals surface area (Å²) in [5.74, 6) is -0.0293. The highest BCUT2D eigenvalue weighted by molar-refractivity contribution is 7.22. The van der Waals surface area contributed by atoms with Crippen molar-refractivity contribution in [1.29, 1.82) is 0 Å². The summed E-state index contributed by atoms with van der Waals surface area (Å²) in [5.41, 5.74) is 3.70. The van der Waals surface area contributed by atoms with E-state index in [4.69, 9.17) is 9.72 Å². The molecule has 1 amide bonds. The lowest BCUT2D eigenvalue weighted by Crippen LogP contribution is -2.39. The maximum absolute atomic E-state index is 13.8. The van der Waals surface area contributed by atoms with E-state index in [1.165, 1.54) is 5.56 Å². The van der Waals surface area contributed by atoms with Gasteiger partial charge in [-0.2, -0.15) is 5.10 Å². The molecule has 7 nitrogen and oxygen atoms in total. The van der Waals surface area contributed by atoms with Crippen molar-refractivity contribution in [3.8, 4) is 0 Å². The molecule has 172 valence electrons. The monoisotopic (exact) mass is 455 g/mol. The van der Waals surface area contributed by atoms with Crippen molar-refractivity contribution in [1.82, 2.24) is 19.7 Å². The summed E-state index contributed by atoms with van der Waals surface area (Å²) in [5, 5.41) is 5.33. The van der Waals surface area contributed by atoms with Crippen LogP contribution < -0.4 is 4.90 Å². The van der Waals surface area contributed by atoms with E-state index in [2.05, 4.69) is 49.0 Å². The Bertz CT molecular complexity index is 1070. The Morgan fingerprint density at radius 2 is 2.06 bits per heavy atom.